The summed E-state index contributed by atoms with van der Waals surface area (Å²) in [4.78, 5) is 47.3. The second kappa shape index (κ2) is 9.77. The van der Waals surface area contributed by atoms with Crippen LogP contribution in [-0.4, -0.2) is 52.0 Å². The monoisotopic (exact) mass is 484 g/mol. The van der Waals surface area contributed by atoms with E-state index < -0.39 is 54.3 Å². The normalized spacial score (nSPS) is 40.7. The molecular weight excluding hydrogens is 451 g/mol. The van der Waals surface area contributed by atoms with Crippen LogP contribution < -0.4 is 34.7 Å². The van der Waals surface area contributed by atoms with E-state index in [0.717, 1.165) is 18.4 Å². The van der Waals surface area contributed by atoms with Crippen LogP contribution >= 0.6 is 0 Å². The molecule has 8 nitrogen and oxygen atoms in total. The van der Waals surface area contributed by atoms with Crippen LogP contribution in [0.1, 0.15) is 71.6 Å². The first kappa shape index (κ1) is 27.5. The van der Waals surface area contributed by atoms with Crippen LogP contribution in [0.2, 0.25) is 0 Å². The van der Waals surface area contributed by atoms with Crippen molar-refractivity contribution in [2.75, 3.05) is 6.61 Å². The van der Waals surface area contributed by atoms with Gasteiger partial charge in [0.25, 0.3) is 0 Å². The molecule has 3 fully saturated rings. The van der Waals surface area contributed by atoms with Gasteiger partial charge in [-0.3, -0.25) is 14.4 Å². The molecule has 9 heteroatoms. The van der Waals surface area contributed by atoms with E-state index in [0.29, 0.717) is 19.3 Å². The number of carboxylic acids is 1. The van der Waals surface area contributed by atoms with Gasteiger partial charge in [-0.25, -0.2) is 0 Å². The number of hydrogen-bond acceptors (Lipinski definition) is 8. The third-order valence-electron chi connectivity index (χ3n) is 9.41. The van der Waals surface area contributed by atoms with Crippen LogP contribution in [0.4, 0.5) is 0 Å². The molecule has 4 rings (SSSR count). The van der Waals surface area contributed by atoms with E-state index >= 15 is 0 Å². The van der Waals surface area contributed by atoms with Crippen LogP contribution in [0, 0.1) is 28.6 Å². The summed E-state index contributed by atoms with van der Waals surface area (Å²) in [5, 5.41) is 33.4. The van der Waals surface area contributed by atoms with E-state index in [1.807, 2.05) is 6.92 Å². The molecule has 0 spiro atoms. The zero-order chi connectivity index (χ0) is 24.2. The van der Waals surface area contributed by atoms with Gasteiger partial charge in [0.05, 0.1) is 12.5 Å². The van der Waals surface area contributed by atoms with Crippen molar-refractivity contribution in [1.29, 1.82) is 0 Å². The minimum atomic E-state index is -1.72. The average Bonchev–Trinajstić information content (AvgIpc) is 3.02. The first-order valence-corrected chi connectivity index (χ1v) is 12.0. The Balaban J connectivity index is 0.00000324. The number of carbonyl (C=O) groups excluding carboxylic acids is 4. The number of carboxylic acid groups (broad SMARTS) is 1. The molecule has 3 saturated carbocycles. The molecule has 0 heterocycles. The van der Waals surface area contributed by atoms with Crippen molar-refractivity contribution < 1.29 is 68.8 Å². The van der Waals surface area contributed by atoms with Gasteiger partial charge in [0.15, 0.2) is 12.4 Å². The van der Waals surface area contributed by atoms with E-state index in [4.69, 9.17) is 4.74 Å². The Morgan fingerprint density at radius 3 is 2.53 bits per heavy atom. The summed E-state index contributed by atoms with van der Waals surface area (Å²) < 4.78 is 4.95. The summed E-state index contributed by atoms with van der Waals surface area (Å²) >= 11 is 0. The Morgan fingerprint density at radius 1 is 1.15 bits per heavy atom. The fourth-order valence-electron chi connectivity index (χ4n) is 7.69. The Hall–Kier alpha value is -1.06. The fraction of sp³-hybridized carbons (Fsp3) is 0.760. The van der Waals surface area contributed by atoms with Crippen molar-refractivity contribution in [3.63, 3.8) is 0 Å². The van der Waals surface area contributed by atoms with Crippen molar-refractivity contribution in [1.82, 2.24) is 0 Å². The van der Waals surface area contributed by atoms with Gasteiger partial charge in [-0.05, 0) is 74.2 Å². The number of ether oxygens (including phenoxy) is 1. The Morgan fingerprint density at radius 2 is 1.85 bits per heavy atom. The maximum atomic E-state index is 13.1. The summed E-state index contributed by atoms with van der Waals surface area (Å²) in [6, 6.07) is 0. The fourth-order valence-corrected chi connectivity index (χ4v) is 7.69. The number of aliphatic carboxylic acids is 1. The topological polar surface area (TPSA) is 141 Å². The molecule has 4 aliphatic carbocycles. The predicted molar refractivity (Wildman–Crippen MR) is 113 cm³/mol. The van der Waals surface area contributed by atoms with Gasteiger partial charge in [-0.2, -0.15) is 0 Å². The minimum Gasteiger partial charge on any atom is -0.550 e. The van der Waals surface area contributed by atoms with Crippen molar-refractivity contribution in [3.05, 3.63) is 11.6 Å². The largest absolute Gasteiger partial charge is 1.00 e. The smallest absolute Gasteiger partial charge is 0.550 e. The second-order valence-electron chi connectivity index (χ2n) is 10.9. The Bertz CT molecular complexity index is 915. The summed E-state index contributed by atoms with van der Waals surface area (Å²) in [6.45, 7) is 3.38. The Kier molecular flexibility index (Phi) is 7.91. The number of rotatable bonds is 6. The third kappa shape index (κ3) is 4.34. The number of aliphatic hydroxyl groups is 2. The summed E-state index contributed by atoms with van der Waals surface area (Å²) in [5.41, 5.74) is -1.71. The third-order valence-corrected chi connectivity index (χ3v) is 9.41. The molecular formula is C25H33NaO8. The number of esters is 1. The maximum absolute atomic E-state index is 13.1. The van der Waals surface area contributed by atoms with Crippen molar-refractivity contribution >= 4 is 23.5 Å². The van der Waals surface area contributed by atoms with Crippen LogP contribution in [0.3, 0.4) is 0 Å². The van der Waals surface area contributed by atoms with Crippen LogP contribution in [-0.2, 0) is 23.9 Å². The average molecular weight is 485 g/mol. The van der Waals surface area contributed by atoms with Gasteiger partial charge in [0.1, 0.15) is 5.60 Å². The number of aliphatic hydroxyl groups excluding tert-OH is 1. The first-order chi connectivity index (χ1) is 15.4. The molecule has 34 heavy (non-hydrogen) atoms. The van der Waals surface area contributed by atoms with E-state index in [1.54, 1.807) is 6.08 Å². The molecule has 0 aromatic rings. The zero-order valence-electron chi connectivity index (χ0n) is 20.3. The second-order valence-corrected chi connectivity index (χ2v) is 10.9. The maximum Gasteiger partial charge on any atom is 1.00 e. The molecule has 2 unspecified atom stereocenters. The first-order valence-electron chi connectivity index (χ1n) is 12.0. The number of Topliss-reactive ketones (excluding diaryl/α,β-unsaturated/α-hetero) is 1. The van der Waals surface area contributed by atoms with E-state index in [-0.39, 0.29) is 71.4 Å². The van der Waals surface area contributed by atoms with E-state index in [1.165, 1.54) is 0 Å². The predicted octanol–water partition coefficient (Wildman–Crippen LogP) is -2.13. The van der Waals surface area contributed by atoms with E-state index in [2.05, 4.69) is 6.92 Å². The molecule has 2 N–H and O–H groups in total. The number of hydrogen-bond donors (Lipinski definition) is 2. The standard InChI is InChI=1S/C25H34O8.Na/c1-23-9-7-15(26)11-14(23)3-4-16-17-8-10-25(32,24(17,2)12-18(27)22(16)23)19(28)13-33-21(31)6-5-20(29)30;/h11,16-18,22,27,32H,3-10,12-13H2,1-2H3,(H,29,30);/q;+1/p-1/t16-,17?,18-,22+,23?,24-,25-;/m0./s1. The van der Waals surface area contributed by atoms with Gasteiger partial charge in [0.2, 0.25) is 5.78 Å². The molecule has 182 valence electrons. The van der Waals surface area contributed by atoms with Crippen molar-refractivity contribution in [2.45, 2.75) is 83.3 Å². The SMILES string of the molecule is CC12CCC(=O)C=C1CC[C@H]1C3CC[C@](O)(C(=O)COC(=O)CCC(=O)[O-])[C@@]3(C)C[C@H](O)[C@@H]12.[Na+]. The van der Waals surface area contributed by atoms with Gasteiger partial charge in [-0.15, -0.1) is 0 Å². The van der Waals surface area contributed by atoms with Gasteiger partial charge in [0, 0.05) is 17.8 Å². The van der Waals surface area contributed by atoms with Crippen LogP contribution in [0.25, 0.3) is 0 Å². The molecule has 0 aliphatic heterocycles. The molecule has 4 aliphatic rings. The van der Waals surface area contributed by atoms with Gasteiger partial charge < -0.3 is 24.9 Å². The summed E-state index contributed by atoms with van der Waals surface area (Å²) in [7, 11) is 0. The minimum absolute atomic E-state index is 0. The number of ketones is 2. The molecule has 0 aromatic heterocycles. The summed E-state index contributed by atoms with van der Waals surface area (Å²) in [6.07, 6.45) is 4.07. The molecule has 0 amide bonds. The van der Waals surface area contributed by atoms with Crippen LogP contribution in [0.5, 0.6) is 0 Å². The Labute approximate surface area is 221 Å². The molecule has 0 aromatic carbocycles. The van der Waals surface area contributed by atoms with E-state index in [9.17, 15) is 34.5 Å². The summed E-state index contributed by atoms with van der Waals surface area (Å²) in [5.74, 6) is -2.53. The molecule has 0 bridgehead atoms. The van der Waals surface area contributed by atoms with Crippen molar-refractivity contribution in [3.8, 4) is 0 Å². The van der Waals surface area contributed by atoms with Crippen LogP contribution in [0.15, 0.2) is 11.6 Å². The number of fused-ring (bicyclic) bond motifs is 5. The number of carbonyl (C=O) groups is 4. The number of allylic oxidation sites excluding steroid dienone is 1. The quantitative estimate of drug-likeness (QED) is 0.322. The van der Waals surface area contributed by atoms with Crippen molar-refractivity contribution in [2.24, 2.45) is 28.6 Å². The molecule has 7 atom stereocenters. The van der Waals surface area contributed by atoms with Gasteiger partial charge in [-0.1, -0.05) is 19.4 Å². The molecule has 0 radical (unpaired) electrons. The molecule has 0 saturated heterocycles. The zero-order valence-corrected chi connectivity index (χ0v) is 22.3. The van der Waals surface area contributed by atoms with Gasteiger partial charge >= 0.3 is 35.5 Å².